The summed E-state index contributed by atoms with van der Waals surface area (Å²) in [6, 6.07) is 16.7. The Hall–Kier alpha value is -4.14. The third-order valence-electron chi connectivity index (χ3n) is 5.90. The lowest BCUT2D eigenvalue weighted by Crippen LogP contribution is -2.23. The van der Waals surface area contributed by atoms with Gasteiger partial charge in [0.2, 0.25) is 0 Å². The number of rotatable bonds is 8. The van der Waals surface area contributed by atoms with Crippen LogP contribution in [0.1, 0.15) is 18.9 Å². The molecule has 0 amide bonds. The van der Waals surface area contributed by atoms with Crippen LogP contribution in [0.2, 0.25) is 0 Å². The minimum absolute atomic E-state index is 0.0864. The van der Waals surface area contributed by atoms with Gasteiger partial charge < -0.3 is 4.74 Å². The van der Waals surface area contributed by atoms with E-state index in [0.29, 0.717) is 17.7 Å². The third-order valence-corrected chi connectivity index (χ3v) is 5.90. The van der Waals surface area contributed by atoms with Crippen LogP contribution in [0.5, 0.6) is 5.75 Å². The van der Waals surface area contributed by atoms with E-state index in [-0.39, 0.29) is 22.3 Å². The van der Waals surface area contributed by atoms with Crippen molar-refractivity contribution < 1.29 is 39.9 Å². The molecule has 0 atom stereocenters. The first kappa shape index (κ1) is 27.9. The summed E-state index contributed by atoms with van der Waals surface area (Å²) in [5.74, 6) is -6.52. The molecule has 0 saturated carbocycles. The Bertz CT molecular complexity index is 1500. The zero-order valence-electron chi connectivity index (χ0n) is 20.4. The Morgan fingerprint density at radius 3 is 1.69 bits per heavy atom. The van der Waals surface area contributed by atoms with Crippen LogP contribution >= 0.6 is 0 Å². The van der Waals surface area contributed by atoms with Gasteiger partial charge in [-0.15, -0.1) is 0 Å². The molecule has 202 valence electrons. The van der Waals surface area contributed by atoms with Gasteiger partial charge in [-0.25, -0.2) is 17.6 Å². The Morgan fingerprint density at radius 1 is 0.667 bits per heavy atom. The SMILES string of the molecule is CCCc1ccc(-c2ccc(-c3ccc(-c4cc(F)c(OC(F)(F)C=C(F)F)c(F)c4)c(F)c3)c(F)c2)cc1. The molecule has 0 N–H and O–H groups in total. The Balaban J connectivity index is 1.60. The summed E-state index contributed by atoms with van der Waals surface area (Å²) in [5.41, 5.74) is 2.15. The fraction of sp³-hybridized carbons (Fsp3) is 0.133. The van der Waals surface area contributed by atoms with Crippen LogP contribution in [0.4, 0.5) is 35.1 Å². The topological polar surface area (TPSA) is 9.23 Å². The molecular weight excluding hydrogens is 528 g/mol. The molecule has 1 nitrogen and oxygen atoms in total. The van der Waals surface area contributed by atoms with Gasteiger partial charge in [0.15, 0.2) is 17.4 Å². The quantitative estimate of drug-likeness (QED) is 0.199. The molecule has 0 saturated heterocycles. The summed E-state index contributed by atoms with van der Waals surface area (Å²) < 4.78 is 114. The molecule has 0 fully saturated rings. The van der Waals surface area contributed by atoms with Crippen molar-refractivity contribution in [2.45, 2.75) is 25.9 Å². The van der Waals surface area contributed by atoms with E-state index < -0.39 is 47.3 Å². The lowest BCUT2D eigenvalue weighted by atomic mass is 9.96. The normalized spacial score (nSPS) is 11.4. The maximum absolute atomic E-state index is 15.0. The van der Waals surface area contributed by atoms with Gasteiger partial charge in [-0.3, -0.25) is 0 Å². The number of hydrogen-bond acceptors (Lipinski definition) is 1. The molecule has 0 bridgehead atoms. The molecule has 4 aromatic rings. The molecule has 0 radical (unpaired) electrons. The zero-order valence-corrected chi connectivity index (χ0v) is 20.4. The third kappa shape index (κ3) is 6.47. The Morgan fingerprint density at radius 2 is 1.15 bits per heavy atom. The number of benzene rings is 4. The second-order valence-corrected chi connectivity index (χ2v) is 8.70. The zero-order chi connectivity index (χ0) is 28.3. The highest BCUT2D eigenvalue weighted by Gasteiger charge is 2.33. The van der Waals surface area contributed by atoms with Crippen molar-refractivity contribution in [2.24, 2.45) is 0 Å². The van der Waals surface area contributed by atoms with Crippen molar-refractivity contribution in [3.05, 3.63) is 114 Å². The van der Waals surface area contributed by atoms with Gasteiger partial charge >= 0.3 is 6.11 Å². The van der Waals surface area contributed by atoms with E-state index in [0.717, 1.165) is 36.1 Å². The first-order valence-corrected chi connectivity index (χ1v) is 11.8. The van der Waals surface area contributed by atoms with E-state index >= 15 is 0 Å². The molecule has 0 aliphatic carbocycles. The molecule has 0 aliphatic rings. The van der Waals surface area contributed by atoms with E-state index in [1.54, 1.807) is 6.07 Å². The van der Waals surface area contributed by atoms with Gasteiger partial charge in [0.25, 0.3) is 6.08 Å². The second-order valence-electron chi connectivity index (χ2n) is 8.70. The van der Waals surface area contributed by atoms with Gasteiger partial charge in [-0.1, -0.05) is 61.9 Å². The number of alkyl halides is 2. The maximum Gasteiger partial charge on any atom is 0.425 e. The summed E-state index contributed by atoms with van der Waals surface area (Å²) in [4.78, 5) is 0. The highest BCUT2D eigenvalue weighted by atomic mass is 19.3. The van der Waals surface area contributed by atoms with E-state index in [1.165, 1.54) is 18.2 Å². The van der Waals surface area contributed by atoms with Crippen LogP contribution in [0.15, 0.2) is 85.0 Å². The molecule has 0 unspecified atom stereocenters. The van der Waals surface area contributed by atoms with Crippen molar-refractivity contribution >= 4 is 0 Å². The highest BCUT2D eigenvalue weighted by molar-refractivity contribution is 5.74. The second kappa shape index (κ2) is 11.3. The summed E-state index contributed by atoms with van der Waals surface area (Å²) >= 11 is 0. The van der Waals surface area contributed by atoms with Crippen LogP contribution < -0.4 is 4.74 Å². The Kier molecular flexibility index (Phi) is 8.09. The van der Waals surface area contributed by atoms with Crippen LogP contribution in [0.3, 0.4) is 0 Å². The first-order valence-electron chi connectivity index (χ1n) is 11.8. The first-order chi connectivity index (χ1) is 18.5. The summed E-state index contributed by atoms with van der Waals surface area (Å²) in [5, 5.41) is 0. The van der Waals surface area contributed by atoms with Crippen molar-refractivity contribution in [1.82, 2.24) is 0 Å². The largest absolute Gasteiger partial charge is 0.425 e. The molecule has 0 aliphatic heterocycles. The van der Waals surface area contributed by atoms with E-state index in [4.69, 9.17) is 0 Å². The molecular formula is C30H20F8O. The van der Waals surface area contributed by atoms with Gasteiger partial charge in [0.1, 0.15) is 11.6 Å². The fourth-order valence-electron chi connectivity index (χ4n) is 4.10. The van der Waals surface area contributed by atoms with Crippen molar-refractivity contribution in [1.29, 1.82) is 0 Å². The average Bonchev–Trinajstić information content (AvgIpc) is 2.86. The number of aryl methyl sites for hydroxylation is 1. The standard InChI is InChI=1S/C30H20F8O/c1-2-3-17-4-6-18(7-5-17)19-8-10-22(24(31)12-19)20-9-11-23(25(32)13-20)21-14-26(33)29(27(34)15-21)39-30(37,38)16-28(35)36/h4-16H,2-3H2,1H3. The van der Waals surface area contributed by atoms with Gasteiger partial charge in [-0.2, -0.15) is 17.6 Å². The predicted octanol–water partition coefficient (Wildman–Crippen LogP) is 9.95. The highest BCUT2D eigenvalue weighted by Crippen LogP contribution is 2.36. The van der Waals surface area contributed by atoms with E-state index in [2.05, 4.69) is 11.7 Å². The number of ether oxygens (including phenoxy) is 1. The minimum Gasteiger partial charge on any atom is -0.423 e. The molecule has 0 heterocycles. The van der Waals surface area contributed by atoms with Crippen LogP contribution in [-0.4, -0.2) is 6.11 Å². The lowest BCUT2D eigenvalue weighted by molar-refractivity contribution is -0.137. The molecule has 0 aromatic heterocycles. The van der Waals surface area contributed by atoms with Crippen molar-refractivity contribution in [3.63, 3.8) is 0 Å². The monoisotopic (exact) mass is 548 g/mol. The van der Waals surface area contributed by atoms with E-state index in [9.17, 15) is 35.1 Å². The van der Waals surface area contributed by atoms with Crippen LogP contribution in [0.25, 0.3) is 33.4 Å². The smallest absolute Gasteiger partial charge is 0.423 e. The van der Waals surface area contributed by atoms with Gasteiger partial charge in [0.05, 0.1) is 6.08 Å². The molecule has 4 rings (SSSR count). The lowest BCUT2D eigenvalue weighted by Gasteiger charge is -2.16. The fourth-order valence-corrected chi connectivity index (χ4v) is 4.10. The minimum atomic E-state index is -4.69. The number of hydrogen-bond donors (Lipinski definition) is 0. The van der Waals surface area contributed by atoms with Gasteiger partial charge in [0, 0.05) is 11.1 Å². The molecule has 4 aromatic carbocycles. The van der Waals surface area contributed by atoms with E-state index in [1.807, 2.05) is 24.3 Å². The van der Waals surface area contributed by atoms with Crippen molar-refractivity contribution in [2.75, 3.05) is 0 Å². The average molecular weight is 548 g/mol. The summed E-state index contributed by atoms with van der Waals surface area (Å²) in [7, 11) is 0. The van der Waals surface area contributed by atoms with Crippen molar-refractivity contribution in [3.8, 4) is 39.1 Å². The Labute approximate surface area is 219 Å². The predicted molar refractivity (Wildman–Crippen MR) is 132 cm³/mol. The summed E-state index contributed by atoms with van der Waals surface area (Å²) in [6.07, 6.45) is -6.48. The molecule has 39 heavy (non-hydrogen) atoms. The maximum atomic E-state index is 15.0. The number of halogens is 8. The molecule has 9 heteroatoms. The van der Waals surface area contributed by atoms with Gasteiger partial charge in [-0.05, 0) is 58.5 Å². The summed E-state index contributed by atoms with van der Waals surface area (Å²) in [6.45, 7) is 2.07. The molecule has 0 spiro atoms. The van der Waals surface area contributed by atoms with Crippen LogP contribution in [0, 0.1) is 23.3 Å². The van der Waals surface area contributed by atoms with Crippen LogP contribution in [-0.2, 0) is 6.42 Å².